The molecular formula is C26H20ClN5O2S. The second-order valence-electron chi connectivity index (χ2n) is 7.83. The number of carbonyl (C=O) groups excluding carboxylic acids is 1. The molecule has 1 aromatic heterocycles. The zero-order chi connectivity index (χ0) is 24.2. The van der Waals surface area contributed by atoms with E-state index in [1.807, 2.05) is 59.6 Å². The Morgan fingerprint density at radius 3 is 2.57 bits per heavy atom. The maximum atomic E-state index is 12.6. The van der Waals surface area contributed by atoms with Crippen molar-refractivity contribution < 1.29 is 9.90 Å². The Kier molecular flexibility index (Phi) is 6.56. The van der Waals surface area contributed by atoms with Crippen LogP contribution in [0.4, 0.5) is 5.13 Å². The van der Waals surface area contributed by atoms with Crippen molar-refractivity contribution in [3.05, 3.63) is 112 Å². The topological polar surface area (TPSA) is 90.2 Å². The zero-order valence-corrected chi connectivity index (χ0v) is 19.9. The quantitative estimate of drug-likeness (QED) is 0.265. The molecule has 4 aromatic rings. The minimum Gasteiger partial charge on any atom is -0.508 e. The second kappa shape index (κ2) is 10.1. The summed E-state index contributed by atoms with van der Waals surface area (Å²) in [6.07, 6.45) is 2.20. The lowest BCUT2D eigenvalue weighted by molar-refractivity contribution is 0.0951. The van der Waals surface area contributed by atoms with Crippen LogP contribution < -0.4 is 10.4 Å². The van der Waals surface area contributed by atoms with Crippen LogP contribution in [0.2, 0.25) is 5.02 Å². The summed E-state index contributed by atoms with van der Waals surface area (Å²) in [5, 5.41) is 23.1. The number of amides is 1. The molecule has 0 bridgehead atoms. The van der Waals surface area contributed by atoms with Crippen molar-refractivity contribution >= 4 is 45.9 Å². The molecule has 2 heterocycles. The summed E-state index contributed by atoms with van der Waals surface area (Å²) in [6, 6.07) is 24.1. The van der Waals surface area contributed by atoms with Crippen LogP contribution in [0, 0.1) is 0 Å². The summed E-state index contributed by atoms with van der Waals surface area (Å²) in [5.74, 6) is -0.255. The molecule has 5 rings (SSSR count). The van der Waals surface area contributed by atoms with Crippen molar-refractivity contribution in [3.63, 3.8) is 0 Å². The van der Waals surface area contributed by atoms with Gasteiger partial charge in [-0.2, -0.15) is 10.2 Å². The molecule has 0 radical (unpaired) electrons. The molecule has 174 valence electrons. The fourth-order valence-corrected chi connectivity index (χ4v) is 4.62. The van der Waals surface area contributed by atoms with Gasteiger partial charge in [-0.25, -0.2) is 15.4 Å². The van der Waals surface area contributed by atoms with Crippen LogP contribution in [0.5, 0.6) is 5.75 Å². The summed E-state index contributed by atoms with van der Waals surface area (Å²) in [4.78, 5) is 17.1. The first-order valence-corrected chi connectivity index (χ1v) is 12.1. The minimum absolute atomic E-state index is 0.0722. The number of aromatic hydroxyl groups is 1. The van der Waals surface area contributed by atoms with Crippen LogP contribution in [0.25, 0.3) is 0 Å². The Bertz CT molecular complexity index is 1390. The number of rotatable bonds is 6. The molecule has 35 heavy (non-hydrogen) atoms. The number of nitrogens with zero attached hydrogens (tertiary/aromatic N) is 4. The van der Waals surface area contributed by atoms with E-state index in [2.05, 4.69) is 15.5 Å². The Labute approximate surface area is 211 Å². The minimum atomic E-state index is -0.419. The van der Waals surface area contributed by atoms with E-state index >= 15 is 0 Å². The Morgan fingerprint density at radius 1 is 1.09 bits per heavy atom. The van der Waals surface area contributed by atoms with Gasteiger partial charge >= 0.3 is 0 Å². The fourth-order valence-electron chi connectivity index (χ4n) is 3.69. The average Bonchev–Trinajstić information content (AvgIpc) is 3.54. The number of hydrogen-bond donors (Lipinski definition) is 2. The van der Waals surface area contributed by atoms with Gasteiger partial charge in [-0.05, 0) is 53.1 Å². The van der Waals surface area contributed by atoms with E-state index in [-0.39, 0.29) is 17.5 Å². The van der Waals surface area contributed by atoms with Crippen LogP contribution in [-0.4, -0.2) is 27.9 Å². The van der Waals surface area contributed by atoms with Gasteiger partial charge in [0, 0.05) is 16.8 Å². The lowest BCUT2D eigenvalue weighted by Gasteiger charge is -2.21. The van der Waals surface area contributed by atoms with Crippen LogP contribution in [0.1, 0.15) is 39.6 Å². The molecule has 7 nitrogen and oxygen atoms in total. The van der Waals surface area contributed by atoms with Gasteiger partial charge in [-0.15, -0.1) is 11.3 Å². The van der Waals surface area contributed by atoms with Gasteiger partial charge in [0.25, 0.3) is 5.91 Å². The Morgan fingerprint density at radius 2 is 1.83 bits per heavy atom. The van der Waals surface area contributed by atoms with E-state index in [4.69, 9.17) is 16.7 Å². The first kappa shape index (κ1) is 22.8. The molecule has 2 N–H and O–H groups in total. The largest absolute Gasteiger partial charge is 0.508 e. The molecule has 0 saturated heterocycles. The van der Waals surface area contributed by atoms with Crippen molar-refractivity contribution in [3.8, 4) is 5.75 Å². The number of carbonyl (C=O) groups is 1. The molecule has 1 aliphatic rings. The normalized spacial score (nSPS) is 15.4. The van der Waals surface area contributed by atoms with Crippen molar-refractivity contribution in [2.24, 2.45) is 10.2 Å². The number of nitrogens with one attached hydrogen (secondary N) is 1. The molecule has 1 unspecified atom stereocenters. The van der Waals surface area contributed by atoms with E-state index in [0.29, 0.717) is 16.6 Å². The Balaban J connectivity index is 1.37. The van der Waals surface area contributed by atoms with E-state index in [1.54, 1.807) is 29.6 Å². The van der Waals surface area contributed by atoms with E-state index in [0.717, 1.165) is 22.4 Å². The number of halogens is 1. The first-order valence-electron chi connectivity index (χ1n) is 10.8. The van der Waals surface area contributed by atoms with Gasteiger partial charge in [-0.1, -0.05) is 54.1 Å². The van der Waals surface area contributed by atoms with Crippen LogP contribution in [0.3, 0.4) is 0 Å². The van der Waals surface area contributed by atoms with E-state index in [9.17, 15) is 9.90 Å². The van der Waals surface area contributed by atoms with Crippen molar-refractivity contribution in [1.82, 2.24) is 10.4 Å². The number of phenols is 1. The number of aromatic nitrogens is 1. The third kappa shape index (κ3) is 5.24. The molecule has 9 heteroatoms. The predicted octanol–water partition coefficient (Wildman–Crippen LogP) is 5.62. The average molecular weight is 502 g/mol. The lowest BCUT2D eigenvalue weighted by atomic mass is 9.99. The number of hydrogen-bond acceptors (Lipinski definition) is 7. The molecule has 1 aliphatic heterocycles. The third-order valence-corrected chi connectivity index (χ3v) is 6.55. The number of hydrazone groups is 2. The second-order valence-corrected chi connectivity index (χ2v) is 9.11. The monoisotopic (exact) mass is 501 g/mol. The van der Waals surface area contributed by atoms with E-state index < -0.39 is 5.91 Å². The standard InChI is InChI=1S/C26H20ClN5O2S/c27-20-10-8-19(9-11-20)24-14-22(18-4-2-1-3-5-18)31-32(24)26-29-23(16-35-26)25(34)30-28-15-17-6-12-21(33)13-7-17/h1-13,15-16,24,33H,14H2,(H,30,34). The van der Waals surface area contributed by atoms with Crippen LogP contribution >= 0.6 is 22.9 Å². The highest BCUT2D eigenvalue weighted by molar-refractivity contribution is 7.14. The van der Waals surface area contributed by atoms with Crippen molar-refractivity contribution in [2.75, 3.05) is 5.01 Å². The lowest BCUT2D eigenvalue weighted by Crippen LogP contribution is -2.20. The van der Waals surface area contributed by atoms with Gasteiger partial charge < -0.3 is 5.11 Å². The number of thiazole rings is 1. The zero-order valence-electron chi connectivity index (χ0n) is 18.4. The summed E-state index contributed by atoms with van der Waals surface area (Å²) < 4.78 is 0. The molecule has 1 amide bonds. The molecule has 1 atom stereocenters. The first-order chi connectivity index (χ1) is 17.1. The molecule has 0 aliphatic carbocycles. The molecule has 0 fully saturated rings. The van der Waals surface area contributed by atoms with Gasteiger partial charge in [0.1, 0.15) is 11.4 Å². The third-order valence-electron chi connectivity index (χ3n) is 5.47. The molecule has 3 aromatic carbocycles. The summed E-state index contributed by atoms with van der Waals surface area (Å²) >= 11 is 7.45. The van der Waals surface area contributed by atoms with Crippen molar-refractivity contribution in [1.29, 1.82) is 0 Å². The molecule has 0 spiro atoms. The van der Waals surface area contributed by atoms with Crippen LogP contribution in [0.15, 0.2) is 94.4 Å². The highest BCUT2D eigenvalue weighted by Gasteiger charge is 2.32. The summed E-state index contributed by atoms with van der Waals surface area (Å²) in [7, 11) is 0. The summed E-state index contributed by atoms with van der Waals surface area (Å²) in [5.41, 5.74) is 6.55. The highest BCUT2D eigenvalue weighted by atomic mass is 35.5. The molecule has 0 saturated carbocycles. The van der Waals surface area contributed by atoms with Gasteiger partial charge in [0.15, 0.2) is 0 Å². The highest BCUT2D eigenvalue weighted by Crippen LogP contribution is 2.38. The summed E-state index contributed by atoms with van der Waals surface area (Å²) in [6.45, 7) is 0. The predicted molar refractivity (Wildman–Crippen MR) is 140 cm³/mol. The SMILES string of the molecule is O=C(NN=Cc1ccc(O)cc1)c1csc(N2N=C(c3ccccc3)CC2c2ccc(Cl)cc2)n1. The number of anilines is 1. The maximum Gasteiger partial charge on any atom is 0.290 e. The van der Waals surface area contributed by atoms with Gasteiger partial charge in [-0.3, -0.25) is 4.79 Å². The number of benzene rings is 3. The number of phenolic OH excluding ortho intramolecular Hbond substituents is 1. The Hall–Kier alpha value is -4.01. The van der Waals surface area contributed by atoms with Gasteiger partial charge in [0.2, 0.25) is 5.13 Å². The maximum absolute atomic E-state index is 12.6. The van der Waals surface area contributed by atoms with Crippen LogP contribution in [-0.2, 0) is 0 Å². The fraction of sp³-hybridized carbons (Fsp3) is 0.0769. The smallest absolute Gasteiger partial charge is 0.290 e. The molecular weight excluding hydrogens is 482 g/mol. The van der Waals surface area contributed by atoms with Gasteiger partial charge in [0.05, 0.1) is 18.0 Å². The van der Waals surface area contributed by atoms with Crippen molar-refractivity contribution in [2.45, 2.75) is 12.5 Å². The van der Waals surface area contributed by atoms with E-state index in [1.165, 1.54) is 17.6 Å².